The fraction of sp³-hybridized carbons (Fsp3) is 0.308. The zero-order valence-corrected chi connectivity index (χ0v) is 27.3. The van der Waals surface area contributed by atoms with Gasteiger partial charge in [-0.1, -0.05) is 87.9 Å². The standard InChI is InChI=1S/C39H44N4O4/c1-4-14-32(37(40)44)33(23-27(2)3)38(45)41-34-26-42(29-16-7-5-8-17-29)35-21-11-12-22-36(35)43(39(34)46)25-28-15-13-20-31(24-28)47-30-18-9-6-10-19-30/h5-13,15-22,24,27,32-34H,4,14,23,25-26H2,1-3H3,(H2,40,44)(H,41,45)/t32-,33+,34?/m0/s1. The van der Waals surface area contributed by atoms with Crippen LogP contribution in [0.25, 0.3) is 0 Å². The van der Waals surface area contributed by atoms with Crippen LogP contribution in [0.15, 0.2) is 109 Å². The van der Waals surface area contributed by atoms with Crippen molar-refractivity contribution in [1.29, 1.82) is 0 Å². The summed E-state index contributed by atoms with van der Waals surface area (Å²) < 4.78 is 6.09. The summed E-state index contributed by atoms with van der Waals surface area (Å²) in [5.74, 6) is -0.788. The Balaban J connectivity index is 1.52. The molecule has 3 amide bonds. The highest BCUT2D eigenvalue weighted by Crippen LogP contribution is 2.38. The van der Waals surface area contributed by atoms with Gasteiger partial charge in [-0.2, -0.15) is 0 Å². The van der Waals surface area contributed by atoms with Gasteiger partial charge < -0.3 is 25.6 Å². The normalized spacial score (nSPS) is 15.8. The molecule has 1 heterocycles. The molecule has 0 radical (unpaired) electrons. The number of nitrogens with two attached hydrogens (primary N) is 1. The average molecular weight is 633 g/mol. The van der Waals surface area contributed by atoms with Gasteiger partial charge in [0.2, 0.25) is 11.8 Å². The van der Waals surface area contributed by atoms with Crippen LogP contribution >= 0.6 is 0 Å². The van der Waals surface area contributed by atoms with Crippen LogP contribution in [0.5, 0.6) is 11.5 Å². The predicted molar refractivity (Wildman–Crippen MR) is 187 cm³/mol. The lowest BCUT2D eigenvalue weighted by Crippen LogP contribution is -2.54. The Bertz CT molecular complexity index is 1660. The summed E-state index contributed by atoms with van der Waals surface area (Å²) in [5, 5.41) is 3.10. The minimum atomic E-state index is -0.899. The fourth-order valence-corrected chi connectivity index (χ4v) is 6.32. The highest BCUT2D eigenvalue weighted by atomic mass is 16.5. The Kier molecular flexibility index (Phi) is 10.9. The number of hydrogen-bond donors (Lipinski definition) is 2. The van der Waals surface area contributed by atoms with Gasteiger partial charge in [-0.25, -0.2) is 0 Å². The van der Waals surface area contributed by atoms with Crippen LogP contribution in [0.1, 0.15) is 45.6 Å². The lowest BCUT2D eigenvalue weighted by molar-refractivity contribution is -0.136. The lowest BCUT2D eigenvalue weighted by Gasteiger charge is -2.30. The van der Waals surface area contributed by atoms with Crippen LogP contribution < -0.4 is 25.6 Å². The zero-order chi connectivity index (χ0) is 33.3. The SMILES string of the molecule is CCC[C@H](C(N)=O)[C@@H](CC(C)C)C(=O)NC1CN(c2ccccc2)c2ccccc2N(Cc2cccc(Oc3ccccc3)c2)C1=O. The molecule has 0 aliphatic carbocycles. The highest BCUT2D eigenvalue weighted by Gasteiger charge is 2.39. The van der Waals surface area contributed by atoms with Gasteiger partial charge in [-0.05, 0) is 72.9 Å². The maximum absolute atomic E-state index is 14.6. The van der Waals surface area contributed by atoms with Gasteiger partial charge in [0.25, 0.3) is 5.91 Å². The van der Waals surface area contributed by atoms with Gasteiger partial charge in [0.05, 0.1) is 24.5 Å². The fourth-order valence-electron chi connectivity index (χ4n) is 6.32. The van der Waals surface area contributed by atoms with E-state index in [1.807, 2.05) is 130 Å². The summed E-state index contributed by atoms with van der Waals surface area (Å²) in [7, 11) is 0. The smallest absolute Gasteiger partial charge is 0.251 e. The van der Waals surface area contributed by atoms with Crippen molar-refractivity contribution in [2.75, 3.05) is 16.3 Å². The van der Waals surface area contributed by atoms with E-state index in [0.717, 1.165) is 34.8 Å². The number of nitrogens with zero attached hydrogens (tertiary/aromatic N) is 2. The van der Waals surface area contributed by atoms with E-state index in [2.05, 4.69) is 10.2 Å². The van der Waals surface area contributed by atoms with E-state index >= 15 is 0 Å². The second kappa shape index (κ2) is 15.5. The summed E-state index contributed by atoms with van der Waals surface area (Å²) in [6.45, 7) is 6.48. The van der Waals surface area contributed by atoms with Crippen molar-refractivity contribution in [3.05, 3.63) is 115 Å². The molecule has 8 nitrogen and oxygen atoms in total. The summed E-state index contributed by atoms with van der Waals surface area (Å²) in [5.41, 5.74) is 9.18. The number of primary amides is 1. The first-order valence-electron chi connectivity index (χ1n) is 16.4. The van der Waals surface area contributed by atoms with Crippen molar-refractivity contribution < 1.29 is 19.1 Å². The molecular formula is C39H44N4O4. The number of benzene rings is 4. The Labute approximate surface area is 277 Å². The topological polar surface area (TPSA) is 105 Å². The third kappa shape index (κ3) is 8.19. The monoisotopic (exact) mass is 632 g/mol. The Morgan fingerprint density at radius 3 is 2.15 bits per heavy atom. The maximum Gasteiger partial charge on any atom is 0.251 e. The lowest BCUT2D eigenvalue weighted by atomic mass is 9.81. The molecule has 1 unspecified atom stereocenters. The Morgan fingerprint density at radius 1 is 0.851 bits per heavy atom. The number of carbonyl (C=O) groups is 3. The summed E-state index contributed by atoms with van der Waals surface area (Å²) in [6.07, 6.45) is 1.71. The molecule has 5 rings (SSSR count). The molecule has 0 aromatic heterocycles. The number of para-hydroxylation sites is 4. The third-order valence-corrected chi connectivity index (χ3v) is 8.51. The van der Waals surface area contributed by atoms with Crippen LogP contribution in [0.3, 0.4) is 0 Å². The molecule has 1 aliphatic rings. The number of rotatable bonds is 13. The second-order valence-electron chi connectivity index (χ2n) is 12.5. The quantitative estimate of drug-likeness (QED) is 0.162. The zero-order valence-electron chi connectivity index (χ0n) is 27.3. The molecule has 0 bridgehead atoms. The van der Waals surface area contributed by atoms with E-state index < -0.39 is 23.8 Å². The highest BCUT2D eigenvalue weighted by molar-refractivity contribution is 6.04. The molecular weight excluding hydrogens is 588 g/mol. The maximum atomic E-state index is 14.6. The summed E-state index contributed by atoms with van der Waals surface area (Å²) in [4.78, 5) is 45.1. The van der Waals surface area contributed by atoms with E-state index in [4.69, 9.17) is 10.5 Å². The molecule has 3 N–H and O–H groups in total. The summed E-state index contributed by atoms with van der Waals surface area (Å²) in [6, 6.07) is 34.0. The predicted octanol–water partition coefficient (Wildman–Crippen LogP) is 7.21. The minimum Gasteiger partial charge on any atom is -0.457 e. The number of ether oxygens (including phenoxy) is 1. The minimum absolute atomic E-state index is 0.154. The first-order valence-corrected chi connectivity index (χ1v) is 16.4. The average Bonchev–Trinajstić information content (AvgIpc) is 3.18. The van der Waals surface area contributed by atoms with Gasteiger partial charge in [-0.15, -0.1) is 0 Å². The van der Waals surface area contributed by atoms with Crippen LogP contribution in [0.2, 0.25) is 0 Å². The van der Waals surface area contributed by atoms with Crippen LogP contribution in [-0.4, -0.2) is 30.3 Å². The van der Waals surface area contributed by atoms with Gasteiger partial charge in [-0.3, -0.25) is 14.4 Å². The van der Waals surface area contributed by atoms with Crippen LogP contribution in [0.4, 0.5) is 17.1 Å². The van der Waals surface area contributed by atoms with Crippen LogP contribution in [0, 0.1) is 17.8 Å². The molecule has 4 aromatic rings. The molecule has 1 aliphatic heterocycles. The third-order valence-electron chi connectivity index (χ3n) is 8.51. The molecule has 0 saturated carbocycles. The molecule has 0 saturated heterocycles. The number of anilines is 3. The molecule has 0 fully saturated rings. The van der Waals surface area contributed by atoms with Crippen molar-refractivity contribution in [2.24, 2.45) is 23.5 Å². The van der Waals surface area contributed by atoms with Crippen molar-refractivity contribution in [2.45, 2.75) is 52.6 Å². The second-order valence-corrected chi connectivity index (χ2v) is 12.5. The first kappa shape index (κ1) is 33.3. The van der Waals surface area contributed by atoms with E-state index in [1.165, 1.54) is 0 Å². The van der Waals surface area contributed by atoms with Crippen molar-refractivity contribution in [1.82, 2.24) is 5.32 Å². The van der Waals surface area contributed by atoms with Gasteiger partial charge in [0, 0.05) is 17.5 Å². The molecule has 3 atom stereocenters. The molecule has 47 heavy (non-hydrogen) atoms. The molecule has 8 heteroatoms. The molecule has 244 valence electrons. The van der Waals surface area contributed by atoms with Crippen molar-refractivity contribution in [3.8, 4) is 11.5 Å². The number of hydrogen-bond acceptors (Lipinski definition) is 5. The number of nitrogens with one attached hydrogen (secondary N) is 1. The molecule has 4 aromatic carbocycles. The summed E-state index contributed by atoms with van der Waals surface area (Å²) >= 11 is 0. The van der Waals surface area contributed by atoms with Gasteiger partial charge in [0.15, 0.2) is 0 Å². The largest absolute Gasteiger partial charge is 0.457 e. The first-order chi connectivity index (χ1) is 22.7. The number of carbonyl (C=O) groups excluding carboxylic acids is 3. The van der Waals surface area contributed by atoms with E-state index in [1.54, 1.807) is 4.90 Å². The van der Waals surface area contributed by atoms with E-state index in [-0.39, 0.29) is 30.8 Å². The van der Waals surface area contributed by atoms with Gasteiger partial charge >= 0.3 is 0 Å². The Morgan fingerprint density at radius 2 is 1.49 bits per heavy atom. The van der Waals surface area contributed by atoms with Gasteiger partial charge in [0.1, 0.15) is 17.5 Å². The van der Waals surface area contributed by atoms with Crippen molar-refractivity contribution in [3.63, 3.8) is 0 Å². The van der Waals surface area contributed by atoms with Crippen LogP contribution in [-0.2, 0) is 20.9 Å². The number of fused-ring (bicyclic) bond motifs is 1. The van der Waals surface area contributed by atoms with E-state index in [9.17, 15) is 14.4 Å². The molecule has 0 spiro atoms. The number of amides is 3. The Hall–Kier alpha value is -5.11. The van der Waals surface area contributed by atoms with E-state index in [0.29, 0.717) is 18.6 Å². The van der Waals surface area contributed by atoms with Crippen molar-refractivity contribution >= 4 is 34.8 Å².